The molecule has 0 saturated carbocycles. The SMILES string of the molecule is CC(C)CCCC(C)CCCC(C)CCCC(C)CCOP(=O)(CCCCCCCN(CCCCN(CCCNC(=O)OC(C)(C)C)C(=O)OC(C)(C)C)C(=O)OC(C)(C)C)OCCC(C)CCCC(C)CCCC(C)CCCC(C)C. The van der Waals surface area contributed by atoms with Crippen LogP contribution in [0.15, 0.2) is 0 Å². The standard InChI is InChI=1S/C69H138N3O9P/c1-56(2)34-27-36-58(5)38-29-40-60(7)42-31-44-62(9)46-53-77-82(76,78-54-47-63(10)45-32-43-61(8)41-30-39-59(6)37-28-35-57(3)4)55-26-22-20-21-23-49-71(65(74)80-68(14,15)16)50-24-25-51-72(66(75)81-69(17,18)19)52-33-48-70-64(73)79-67(11,12)13/h56-63H,20-55H2,1-19H3,(H,70,73). The van der Waals surface area contributed by atoms with E-state index >= 15 is 0 Å². The Hall–Kier alpha value is -2.04. The van der Waals surface area contributed by atoms with Crippen molar-refractivity contribution in [1.29, 1.82) is 0 Å². The van der Waals surface area contributed by atoms with Crippen molar-refractivity contribution in [2.75, 3.05) is 52.1 Å². The minimum absolute atomic E-state index is 0.334. The second-order valence-corrected chi connectivity index (χ2v) is 32.0. The van der Waals surface area contributed by atoms with Gasteiger partial charge in [0, 0.05) is 32.7 Å². The first-order valence-corrected chi connectivity index (χ1v) is 35.8. The van der Waals surface area contributed by atoms with Crippen molar-refractivity contribution in [2.24, 2.45) is 47.3 Å². The second kappa shape index (κ2) is 45.3. The van der Waals surface area contributed by atoms with Crippen LogP contribution >= 0.6 is 7.60 Å². The fourth-order valence-corrected chi connectivity index (χ4v) is 12.3. The van der Waals surface area contributed by atoms with E-state index in [0.717, 1.165) is 80.5 Å². The molecule has 82 heavy (non-hydrogen) atoms. The fourth-order valence-electron chi connectivity index (χ4n) is 10.6. The summed E-state index contributed by atoms with van der Waals surface area (Å²) in [5.74, 6) is 5.84. The van der Waals surface area contributed by atoms with Gasteiger partial charge < -0.3 is 38.4 Å². The maximum Gasteiger partial charge on any atom is 0.410 e. The molecule has 0 aromatic carbocycles. The summed E-state index contributed by atoms with van der Waals surface area (Å²) < 4.78 is 44.0. The van der Waals surface area contributed by atoms with Crippen LogP contribution in [0.5, 0.6) is 0 Å². The fraction of sp³-hybridized carbons (Fsp3) is 0.957. The Balaban J connectivity index is 5.38. The monoisotopic (exact) mass is 1180 g/mol. The topological polar surface area (TPSA) is 133 Å². The van der Waals surface area contributed by atoms with Gasteiger partial charge in [-0.25, -0.2) is 14.4 Å². The molecule has 0 aliphatic rings. The summed E-state index contributed by atoms with van der Waals surface area (Å²) >= 11 is 0. The molecule has 0 rings (SSSR count). The third kappa shape index (κ3) is 50.1. The zero-order chi connectivity index (χ0) is 62.2. The highest BCUT2D eigenvalue weighted by Gasteiger charge is 2.27. The predicted molar refractivity (Wildman–Crippen MR) is 348 cm³/mol. The van der Waals surface area contributed by atoms with Crippen molar-refractivity contribution in [3.05, 3.63) is 0 Å². The van der Waals surface area contributed by atoms with Crippen molar-refractivity contribution < 1.29 is 42.2 Å². The lowest BCUT2D eigenvalue weighted by Gasteiger charge is -2.29. The van der Waals surface area contributed by atoms with Crippen LogP contribution in [0.1, 0.15) is 311 Å². The van der Waals surface area contributed by atoms with Crippen LogP contribution in [0.25, 0.3) is 0 Å². The first kappa shape index (κ1) is 80.0. The summed E-state index contributed by atoms with van der Waals surface area (Å²) in [6.45, 7) is 43.6. The molecule has 0 bridgehead atoms. The highest BCUT2D eigenvalue weighted by Crippen LogP contribution is 2.50. The summed E-state index contributed by atoms with van der Waals surface area (Å²) in [7, 11) is -3.27. The zero-order valence-corrected chi connectivity index (χ0v) is 58.5. The van der Waals surface area contributed by atoms with E-state index in [1.807, 2.05) is 62.3 Å². The van der Waals surface area contributed by atoms with Gasteiger partial charge in [-0.15, -0.1) is 0 Å². The predicted octanol–water partition coefficient (Wildman–Crippen LogP) is 21.3. The van der Waals surface area contributed by atoms with Gasteiger partial charge in [0.2, 0.25) is 0 Å². The van der Waals surface area contributed by atoms with Gasteiger partial charge in [0.05, 0.1) is 19.4 Å². The molecule has 0 fully saturated rings. The zero-order valence-electron chi connectivity index (χ0n) is 57.6. The minimum Gasteiger partial charge on any atom is -0.444 e. The van der Waals surface area contributed by atoms with Gasteiger partial charge in [0.15, 0.2) is 0 Å². The van der Waals surface area contributed by atoms with Gasteiger partial charge in [-0.1, -0.05) is 204 Å². The summed E-state index contributed by atoms with van der Waals surface area (Å²) in [6.07, 6.45) is 30.8. The van der Waals surface area contributed by atoms with Crippen LogP contribution in [0.2, 0.25) is 0 Å². The van der Waals surface area contributed by atoms with Crippen molar-refractivity contribution in [3.63, 3.8) is 0 Å². The smallest absolute Gasteiger partial charge is 0.410 e. The minimum atomic E-state index is -3.27. The largest absolute Gasteiger partial charge is 0.444 e. The number of hydrogen-bond donors (Lipinski definition) is 1. The van der Waals surface area contributed by atoms with Crippen molar-refractivity contribution in [3.8, 4) is 0 Å². The van der Waals surface area contributed by atoms with Crippen LogP contribution < -0.4 is 5.32 Å². The Morgan fingerprint density at radius 2 is 0.646 bits per heavy atom. The summed E-state index contributed by atoms with van der Waals surface area (Å²) in [4.78, 5) is 42.3. The number of nitrogens with zero attached hydrogens (tertiary/aromatic N) is 2. The summed E-state index contributed by atoms with van der Waals surface area (Å²) in [5.41, 5.74) is -1.87. The average molecular weight is 1180 g/mol. The molecule has 6 atom stereocenters. The molecule has 6 unspecified atom stereocenters. The van der Waals surface area contributed by atoms with E-state index in [1.165, 1.54) is 116 Å². The molecule has 0 spiro atoms. The normalized spacial score (nSPS) is 15.4. The van der Waals surface area contributed by atoms with Crippen molar-refractivity contribution >= 4 is 25.9 Å². The average Bonchev–Trinajstić information content (AvgIpc) is 3.34. The molecule has 488 valence electrons. The van der Waals surface area contributed by atoms with Crippen LogP contribution in [0.3, 0.4) is 0 Å². The maximum absolute atomic E-state index is 14.5. The van der Waals surface area contributed by atoms with E-state index in [2.05, 4.69) is 74.6 Å². The van der Waals surface area contributed by atoms with Crippen molar-refractivity contribution in [2.45, 2.75) is 328 Å². The molecule has 0 aromatic heterocycles. The number of ether oxygens (including phenoxy) is 3. The Morgan fingerprint density at radius 3 is 0.976 bits per heavy atom. The molecule has 0 aromatic rings. The van der Waals surface area contributed by atoms with Gasteiger partial charge in [0.25, 0.3) is 0 Å². The van der Waals surface area contributed by atoms with E-state index in [1.54, 1.807) is 9.80 Å². The molecule has 12 nitrogen and oxygen atoms in total. The van der Waals surface area contributed by atoms with E-state index in [9.17, 15) is 18.9 Å². The molecule has 0 heterocycles. The van der Waals surface area contributed by atoms with Gasteiger partial charge in [-0.3, -0.25) is 4.57 Å². The van der Waals surface area contributed by atoms with Crippen LogP contribution in [-0.4, -0.2) is 97.0 Å². The van der Waals surface area contributed by atoms with Gasteiger partial charge >= 0.3 is 25.9 Å². The summed E-state index contributed by atoms with van der Waals surface area (Å²) in [6, 6.07) is 0. The van der Waals surface area contributed by atoms with Crippen LogP contribution in [-0.2, 0) is 27.8 Å². The van der Waals surface area contributed by atoms with Gasteiger partial charge in [-0.05, 0) is 155 Å². The molecule has 0 radical (unpaired) electrons. The Morgan fingerprint density at radius 1 is 0.366 bits per heavy atom. The molecular formula is C69H138N3O9P. The number of hydrogen-bond acceptors (Lipinski definition) is 9. The number of carbonyl (C=O) groups excluding carboxylic acids is 3. The number of nitrogens with one attached hydrogen (secondary N) is 1. The van der Waals surface area contributed by atoms with E-state index < -0.39 is 36.6 Å². The first-order valence-electron chi connectivity index (χ1n) is 34.1. The highest BCUT2D eigenvalue weighted by molar-refractivity contribution is 7.53. The Labute approximate surface area is 508 Å². The summed E-state index contributed by atoms with van der Waals surface area (Å²) in [5, 5.41) is 2.77. The number of amides is 3. The Kier molecular flexibility index (Phi) is 44.1. The lowest BCUT2D eigenvalue weighted by Crippen LogP contribution is -2.40. The maximum atomic E-state index is 14.5. The number of rotatable bonds is 49. The second-order valence-electron chi connectivity index (χ2n) is 29.8. The van der Waals surface area contributed by atoms with E-state index in [0.29, 0.717) is 83.2 Å². The number of alkyl carbamates (subject to hydrolysis) is 1. The highest BCUT2D eigenvalue weighted by atomic mass is 31.2. The molecule has 1 N–H and O–H groups in total. The van der Waals surface area contributed by atoms with E-state index in [-0.39, 0.29) is 6.09 Å². The third-order valence-electron chi connectivity index (χ3n) is 15.9. The van der Waals surface area contributed by atoms with E-state index in [4.69, 9.17) is 23.3 Å². The third-order valence-corrected chi connectivity index (χ3v) is 17.9. The molecule has 0 saturated heterocycles. The lowest BCUT2D eigenvalue weighted by atomic mass is 9.91. The molecular weight excluding hydrogens is 1050 g/mol. The van der Waals surface area contributed by atoms with Crippen LogP contribution in [0.4, 0.5) is 14.4 Å². The Bertz CT molecular complexity index is 1590. The number of carbonyl (C=O) groups is 3. The first-order chi connectivity index (χ1) is 38.3. The molecule has 0 aliphatic carbocycles. The number of unbranched alkanes of at least 4 members (excludes halogenated alkanes) is 5. The van der Waals surface area contributed by atoms with Gasteiger partial charge in [-0.2, -0.15) is 0 Å². The molecule has 13 heteroatoms. The molecule has 3 amide bonds. The lowest BCUT2D eigenvalue weighted by molar-refractivity contribution is 0.0206. The van der Waals surface area contributed by atoms with Crippen LogP contribution in [0, 0.1) is 47.3 Å². The quantitative estimate of drug-likeness (QED) is 0.0359. The van der Waals surface area contributed by atoms with Gasteiger partial charge in [0.1, 0.15) is 16.8 Å². The molecule has 0 aliphatic heterocycles. The van der Waals surface area contributed by atoms with Crippen molar-refractivity contribution in [1.82, 2.24) is 15.1 Å².